The summed E-state index contributed by atoms with van der Waals surface area (Å²) in [5.41, 5.74) is 0. The first kappa shape index (κ1) is 12.3. The zero-order valence-corrected chi connectivity index (χ0v) is 10.2. The molecule has 84 valence electrons. The van der Waals surface area contributed by atoms with Gasteiger partial charge in [0.1, 0.15) is 0 Å². The van der Waals surface area contributed by atoms with Crippen LogP contribution >= 0.6 is 11.6 Å². The second-order valence-electron chi connectivity index (χ2n) is 4.46. The first-order chi connectivity index (χ1) is 6.72. The Labute approximate surface area is 93.2 Å². The molecule has 3 unspecified atom stereocenters. The zero-order valence-electron chi connectivity index (χ0n) is 9.47. The highest BCUT2D eigenvalue weighted by atomic mass is 35.5. The van der Waals surface area contributed by atoms with Crippen LogP contribution in [-0.2, 0) is 4.74 Å². The highest BCUT2D eigenvalue weighted by molar-refractivity contribution is 6.20. The summed E-state index contributed by atoms with van der Waals surface area (Å²) < 4.78 is 5.76. The van der Waals surface area contributed by atoms with E-state index in [4.69, 9.17) is 16.3 Å². The molecule has 14 heavy (non-hydrogen) atoms. The molecule has 0 aromatic heterocycles. The maximum absolute atomic E-state index is 6.15. The van der Waals surface area contributed by atoms with Crippen molar-refractivity contribution in [3.8, 4) is 0 Å². The Morgan fingerprint density at radius 2 is 2.14 bits per heavy atom. The van der Waals surface area contributed by atoms with Gasteiger partial charge >= 0.3 is 0 Å². The van der Waals surface area contributed by atoms with Crippen molar-refractivity contribution >= 4 is 11.6 Å². The molecule has 0 aromatic carbocycles. The largest absolute Gasteiger partial charge is 0.375 e. The predicted molar refractivity (Wildman–Crippen MR) is 62.0 cm³/mol. The summed E-state index contributed by atoms with van der Waals surface area (Å²) in [6, 6.07) is 0. The molecule has 0 N–H and O–H groups in total. The van der Waals surface area contributed by atoms with E-state index in [-0.39, 0.29) is 0 Å². The van der Waals surface area contributed by atoms with Gasteiger partial charge in [-0.3, -0.25) is 0 Å². The second kappa shape index (κ2) is 6.68. The van der Waals surface area contributed by atoms with Crippen molar-refractivity contribution in [1.29, 1.82) is 0 Å². The fourth-order valence-corrected chi connectivity index (χ4v) is 2.49. The van der Waals surface area contributed by atoms with Crippen LogP contribution in [0, 0.1) is 0 Å². The molecule has 1 aliphatic rings. The van der Waals surface area contributed by atoms with Gasteiger partial charge in [0.15, 0.2) is 0 Å². The number of halogens is 1. The molecule has 1 fully saturated rings. The smallest absolute Gasteiger partial charge is 0.0579 e. The Bertz CT molecular complexity index is 149. The second-order valence-corrected chi connectivity index (χ2v) is 5.08. The number of alkyl halides is 1. The molecular weight excluding hydrogens is 196 g/mol. The first-order valence-electron chi connectivity index (χ1n) is 6.02. The van der Waals surface area contributed by atoms with Crippen LogP contribution in [0.4, 0.5) is 0 Å². The van der Waals surface area contributed by atoms with Gasteiger partial charge in [-0.15, -0.1) is 11.6 Å². The molecular formula is C12H23ClO. The third kappa shape index (κ3) is 4.65. The third-order valence-corrected chi connectivity index (χ3v) is 3.40. The van der Waals surface area contributed by atoms with Crippen LogP contribution in [0.15, 0.2) is 0 Å². The topological polar surface area (TPSA) is 9.23 Å². The van der Waals surface area contributed by atoms with E-state index < -0.39 is 0 Å². The maximum Gasteiger partial charge on any atom is 0.0579 e. The van der Waals surface area contributed by atoms with E-state index in [9.17, 15) is 0 Å². The standard InChI is InChI=1S/C12H23ClO/c1-3-5-11(13)6-4-7-12-9-8-10(2)14-12/h10-12H,3-9H2,1-2H3. The number of hydrogen-bond acceptors (Lipinski definition) is 1. The normalized spacial score (nSPS) is 29.4. The van der Waals surface area contributed by atoms with Crippen LogP contribution in [0.2, 0.25) is 0 Å². The summed E-state index contributed by atoms with van der Waals surface area (Å²) in [5, 5.41) is 0.388. The minimum absolute atomic E-state index is 0.388. The van der Waals surface area contributed by atoms with Crippen LogP contribution in [0.5, 0.6) is 0 Å². The maximum atomic E-state index is 6.15. The third-order valence-electron chi connectivity index (χ3n) is 2.97. The summed E-state index contributed by atoms with van der Waals surface area (Å²) in [6.07, 6.45) is 9.45. The lowest BCUT2D eigenvalue weighted by Gasteiger charge is -2.12. The van der Waals surface area contributed by atoms with Crippen LogP contribution < -0.4 is 0 Å². The molecule has 1 nitrogen and oxygen atoms in total. The quantitative estimate of drug-likeness (QED) is 0.610. The van der Waals surface area contributed by atoms with E-state index in [1.165, 1.54) is 32.1 Å². The van der Waals surface area contributed by atoms with Crippen molar-refractivity contribution in [2.45, 2.75) is 76.4 Å². The van der Waals surface area contributed by atoms with Crippen LogP contribution in [0.25, 0.3) is 0 Å². The van der Waals surface area contributed by atoms with E-state index in [0.29, 0.717) is 17.6 Å². The Kier molecular flexibility index (Phi) is 5.88. The van der Waals surface area contributed by atoms with E-state index in [0.717, 1.165) is 12.8 Å². The lowest BCUT2D eigenvalue weighted by molar-refractivity contribution is 0.0495. The highest BCUT2D eigenvalue weighted by Gasteiger charge is 2.21. The van der Waals surface area contributed by atoms with E-state index in [1.54, 1.807) is 0 Å². The lowest BCUT2D eigenvalue weighted by atomic mass is 10.1. The fraction of sp³-hybridized carbons (Fsp3) is 1.00. The summed E-state index contributed by atoms with van der Waals surface area (Å²) in [6.45, 7) is 4.36. The molecule has 1 aliphatic heterocycles. The number of hydrogen-bond donors (Lipinski definition) is 0. The molecule has 1 rings (SSSR count). The van der Waals surface area contributed by atoms with Gasteiger partial charge < -0.3 is 4.74 Å². The van der Waals surface area contributed by atoms with E-state index >= 15 is 0 Å². The molecule has 0 spiro atoms. The molecule has 3 atom stereocenters. The van der Waals surface area contributed by atoms with Crippen molar-refractivity contribution in [2.75, 3.05) is 0 Å². The Morgan fingerprint density at radius 3 is 2.71 bits per heavy atom. The Balaban J connectivity index is 1.98. The van der Waals surface area contributed by atoms with Crippen molar-refractivity contribution in [3.05, 3.63) is 0 Å². The van der Waals surface area contributed by atoms with E-state index in [2.05, 4.69) is 13.8 Å². The van der Waals surface area contributed by atoms with Gasteiger partial charge in [-0.25, -0.2) is 0 Å². The Hall–Kier alpha value is 0.250. The van der Waals surface area contributed by atoms with Gasteiger partial charge in [0, 0.05) is 5.38 Å². The van der Waals surface area contributed by atoms with Gasteiger partial charge in [0.05, 0.1) is 12.2 Å². The lowest BCUT2D eigenvalue weighted by Crippen LogP contribution is -2.09. The van der Waals surface area contributed by atoms with Crippen molar-refractivity contribution in [1.82, 2.24) is 0 Å². The molecule has 0 radical (unpaired) electrons. The van der Waals surface area contributed by atoms with Gasteiger partial charge in [-0.05, 0) is 45.4 Å². The van der Waals surface area contributed by atoms with Crippen molar-refractivity contribution in [2.24, 2.45) is 0 Å². The first-order valence-corrected chi connectivity index (χ1v) is 6.45. The van der Waals surface area contributed by atoms with E-state index in [1.807, 2.05) is 0 Å². The molecule has 0 bridgehead atoms. The summed E-state index contributed by atoms with van der Waals surface area (Å²) >= 11 is 6.15. The molecule has 1 saturated heterocycles. The molecule has 0 saturated carbocycles. The Morgan fingerprint density at radius 1 is 1.36 bits per heavy atom. The average Bonchev–Trinajstić information content (AvgIpc) is 2.52. The van der Waals surface area contributed by atoms with Crippen LogP contribution in [0.1, 0.15) is 58.8 Å². The molecule has 0 aromatic rings. The van der Waals surface area contributed by atoms with Crippen LogP contribution in [-0.4, -0.2) is 17.6 Å². The van der Waals surface area contributed by atoms with Crippen molar-refractivity contribution < 1.29 is 4.74 Å². The minimum atomic E-state index is 0.388. The minimum Gasteiger partial charge on any atom is -0.375 e. The zero-order chi connectivity index (χ0) is 10.4. The average molecular weight is 219 g/mol. The van der Waals surface area contributed by atoms with Gasteiger partial charge in [0.25, 0.3) is 0 Å². The SMILES string of the molecule is CCCC(Cl)CCCC1CCC(C)O1. The number of rotatable bonds is 6. The monoisotopic (exact) mass is 218 g/mol. The molecule has 0 amide bonds. The molecule has 1 heterocycles. The molecule has 2 heteroatoms. The highest BCUT2D eigenvalue weighted by Crippen LogP contribution is 2.24. The van der Waals surface area contributed by atoms with Gasteiger partial charge in [0.2, 0.25) is 0 Å². The summed E-state index contributed by atoms with van der Waals surface area (Å²) in [5.74, 6) is 0. The van der Waals surface area contributed by atoms with Crippen molar-refractivity contribution in [3.63, 3.8) is 0 Å². The fourth-order valence-electron chi connectivity index (χ4n) is 2.12. The van der Waals surface area contributed by atoms with Gasteiger partial charge in [-0.2, -0.15) is 0 Å². The summed E-state index contributed by atoms with van der Waals surface area (Å²) in [7, 11) is 0. The predicted octanol–water partition coefficient (Wildman–Crippen LogP) is 4.13. The number of ether oxygens (including phenoxy) is 1. The van der Waals surface area contributed by atoms with Gasteiger partial charge in [-0.1, -0.05) is 13.3 Å². The van der Waals surface area contributed by atoms with Crippen LogP contribution in [0.3, 0.4) is 0 Å². The molecule has 0 aliphatic carbocycles. The summed E-state index contributed by atoms with van der Waals surface area (Å²) in [4.78, 5) is 0.